The molecular formula is C19H23Cl2N3O3S. The molecule has 6 nitrogen and oxygen atoms in total. The summed E-state index contributed by atoms with van der Waals surface area (Å²) in [5.74, 6) is 0. The fourth-order valence-electron chi connectivity index (χ4n) is 2.58. The topological polar surface area (TPSA) is 78.5 Å². The maximum Gasteiger partial charge on any atom is 0.315 e. The SMILES string of the molecule is CCN(CC)S(=O)(=O)c1ccc(CNC(=O)NCc2ccc(Cl)cc2Cl)cc1. The maximum absolute atomic E-state index is 12.5. The van der Waals surface area contributed by atoms with Crippen LogP contribution < -0.4 is 10.6 Å². The summed E-state index contributed by atoms with van der Waals surface area (Å²) in [4.78, 5) is 12.2. The molecule has 0 spiro atoms. The van der Waals surface area contributed by atoms with Gasteiger partial charge < -0.3 is 10.6 Å². The van der Waals surface area contributed by atoms with Gasteiger partial charge >= 0.3 is 6.03 Å². The lowest BCUT2D eigenvalue weighted by molar-refractivity contribution is 0.240. The van der Waals surface area contributed by atoms with Crippen molar-refractivity contribution in [2.75, 3.05) is 13.1 Å². The monoisotopic (exact) mass is 443 g/mol. The number of benzene rings is 2. The Morgan fingerprint density at radius 3 is 2.14 bits per heavy atom. The largest absolute Gasteiger partial charge is 0.334 e. The summed E-state index contributed by atoms with van der Waals surface area (Å²) in [7, 11) is -3.48. The zero-order valence-electron chi connectivity index (χ0n) is 15.7. The van der Waals surface area contributed by atoms with Crippen LogP contribution in [0.15, 0.2) is 47.4 Å². The van der Waals surface area contributed by atoms with Crippen molar-refractivity contribution >= 4 is 39.3 Å². The van der Waals surface area contributed by atoms with Gasteiger partial charge in [-0.05, 0) is 35.4 Å². The maximum atomic E-state index is 12.5. The minimum Gasteiger partial charge on any atom is -0.334 e. The smallest absolute Gasteiger partial charge is 0.315 e. The highest BCUT2D eigenvalue weighted by atomic mass is 35.5. The molecule has 2 aromatic carbocycles. The predicted octanol–water partition coefficient (Wildman–Crippen LogP) is 4.02. The second-order valence-electron chi connectivity index (χ2n) is 6.01. The van der Waals surface area contributed by atoms with E-state index in [1.165, 1.54) is 4.31 Å². The van der Waals surface area contributed by atoms with Crippen molar-refractivity contribution in [3.8, 4) is 0 Å². The van der Waals surface area contributed by atoms with Crippen molar-refractivity contribution in [1.82, 2.24) is 14.9 Å². The van der Waals surface area contributed by atoms with E-state index in [0.717, 1.165) is 11.1 Å². The van der Waals surface area contributed by atoms with E-state index in [2.05, 4.69) is 10.6 Å². The molecule has 2 N–H and O–H groups in total. The molecule has 0 heterocycles. The molecule has 28 heavy (non-hydrogen) atoms. The Balaban J connectivity index is 1.89. The lowest BCUT2D eigenvalue weighted by Crippen LogP contribution is -2.34. The summed E-state index contributed by atoms with van der Waals surface area (Å²) in [5, 5.41) is 6.46. The second kappa shape index (κ2) is 10.1. The number of carbonyl (C=O) groups is 1. The first kappa shape index (κ1) is 22.5. The van der Waals surface area contributed by atoms with Crippen LogP contribution in [0.3, 0.4) is 0 Å². The zero-order valence-corrected chi connectivity index (χ0v) is 18.0. The van der Waals surface area contributed by atoms with E-state index in [9.17, 15) is 13.2 Å². The number of hydrogen-bond acceptors (Lipinski definition) is 3. The summed E-state index contributed by atoms with van der Waals surface area (Å²) in [5.41, 5.74) is 1.55. The van der Waals surface area contributed by atoms with Crippen molar-refractivity contribution in [1.29, 1.82) is 0 Å². The van der Waals surface area contributed by atoms with Crippen LogP contribution in [0.2, 0.25) is 10.0 Å². The van der Waals surface area contributed by atoms with Gasteiger partial charge in [0.15, 0.2) is 0 Å². The summed E-state index contributed by atoms with van der Waals surface area (Å²) in [6.07, 6.45) is 0. The molecule has 0 fully saturated rings. The van der Waals surface area contributed by atoms with Crippen LogP contribution >= 0.6 is 23.2 Å². The third-order valence-corrected chi connectivity index (χ3v) is 6.83. The van der Waals surface area contributed by atoms with E-state index in [1.807, 2.05) is 0 Å². The number of urea groups is 1. The van der Waals surface area contributed by atoms with Crippen LogP contribution in [-0.4, -0.2) is 31.8 Å². The number of carbonyl (C=O) groups excluding carboxylic acids is 1. The highest BCUT2D eigenvalue weighted by Gasteiger charge is 2.21. The first-order valence-corrected chi connectivity index (χ1v) is 11.0. The molecule has 0 aromatic heterocycles. The molecule has 0 aliphatic heterocycles. The van der Waals surface area contributed by atoms with Crippen LogP contribution in [0, 0.1) is 0 Å². The molecule has 0 atom stereocenters. The minimum atomic E-state index is -3.48. The molecule has 152 valence electrons. The zero-order chi connectivity index (χ0) is 20.7. The Morgan fingerprint density at radius 2 is 1.57 bits per heavy atom. The Bertz CT molecular complexity index is 915. The Labute approximate surface area is 175 Å². The van der Waals surface area contributed by atoms with E-state index < -0.39 is 10.0 Å². The van der Waals surface area contributed by atoms with Gasteiger partial charge in [-0.2, -0.15) is 4.31 Å². The average molecular weight is 444 g/mol. The molecule has 9 heteroatoms. The van der Waals surface area contributed by atoms with E-state index in [-0.39, 0.29) is 24.0 Å². The number of halogens is 2. The van der Waals surface area contributed by atoms with Gasteiger partial charge in [-0.3, -0.25) is 0 Å². The average Bonchev–Trinajstić information content (AvgIpc) is 2.66. The molecule has 0 aliphatic rings. The third kappa shape index (κ3) is 5.85. The highest BCUT2D eigenvalue weighted by molar-refractivity contribution is 7.89. The van der Waals surface area contributed by atoms with Gasteiger partial charge in [0.05, 0.1) is 4.90 Å². The molecule has 2 amide bonds. The summed E-state index contributed by atoms with van der Waals surface area (Å²) < 4.78 is 26.3. The van der Waals surface area contributed by atoms with Crippen molar-refractivity contribution in [3.05, 3.63) is 63.6 Å². The third-order valence-electron chi connectivity index (χ3n) is 4.17. The van der Waals surface area contributed by atoms with E-state index in [4.69, 9.17) is 23.2 Å². The minimum absolute atomic E-state index is 0.238. The van der Waals surface area contributed by atoms with Gasteiger partial charge in [-0.25, -0.2) is 13.2 Å². The predicted molar refractivity (Wildman–Crippen MR) is 112 cm³/mol. The number of amides is 2. The summed E-state index contributed by atoms with van der Waals surface area (Å²) >= 11 is 11.9. The van der Waals surface area contributed by atoms with Crippen LogP contribution in [0.25, 0.3) is 0 Å². The van der Waals surface area contributed by atoms with Crippen LogP contribution in [0.4, 0.5) is 4.79 Å². The van der Waals surface area contributed by atoms with Gasteiger partial charge in [0.1, 0.15) is 0 Å². The van der Waals surface area contributed by atoms with E-state index in [0.29, 0.717) is 23.1 Å². The highest BCUT2D eigenvalue weighted by Crippen LogP contribution is 2.20. The summed E-state index contributed by atoms with van der Waals surface area (Å²) in [6.45, 7) is 4.97. The van der Waals surface area contributed by atoms with Gasteiger partial charge in [-0.15, -0.1) is 0 Å². The molecule has 0 aliphatic carbocycles. The Morgan fingerprint density at radius 1 is 0.964 bits per heavy atom. The Kier molecular flexibility index (Phi) is 8.12. The number of hydrogen-bond donors (Lipinski definition) is 2. The lowest BCUT2D eigenvalue weighted by atomic mass is 10.2. The van der Waals surface area contributed by atoms with Crippen molar-refractivity contribution in [3.63, 3.8) is 0 Å². The quantitative estimate of drug-likeness (QED) is 0.646. The molecule has 2 aromatic rings. The standard InChI is InChI=1S/C19H23Cl2N3O3S/c1-3-24(4-2)28(26,27)17-9-5-14(6-10-17)12-22-19(25)23-13-15-7-8-16(20)11-18(15)21/h5-11H,3-4,12-13H2,1-2H3,(H2,22,23,25). The number of nitrogens with zero attached hydrogens (tertiary/aromatic N) is 1. The molecule has 0 saturated heterocycles. The number of sulfonamides is 1. The molecule has 0 saturated carbocycles. The first-order valence-electron chi connectivity index (χ1n) is 8.82. The van der Waals surface area contributed by atoms with Gasteiger partial charge in [0.2, 0.25) is 10.0 Å². The van der Waals surface area contributed by atoms with Crippen molar-refractivity contribution in [2.24, 2.45) is 0 Å². The van der Waals surface area contributed by atoms with Gasteiger partial charge in [-0.1, -0.05) is 55.2 Å². The summed E-state index contributed by atoms with van der Waals surface area (Å²) in [6, 6.07) is 11.2. The van der Waals surface area contributed by atoms with Crippen molar-refractivity contribution < 1.29 is 13.2 Å². The van der Waals surface area contributed by atoms with Crippen LogP contribution in [-0.2, 0) is 23.1 Å². The fraction of sp³-hybridized carbons (Fsp3) is 0.316. The van der Waals surface area contributed by atoms with Crippen LogP contribution in [0.5, 0.6) is 0 Å². The molecule has 0 bridgehead atoms. The molecular weight excluding hydrogens is 421 g/mol. The molecule has 2 rings (SSSR count). The molecule has 0 radical (unpaired) electrons. The van der Waals surface area contributed by atoms with Crippen LogP contribution in [0.1, 0.15) is 25.0 Å². The Hall–Kier alpha value is -1.80. The normalized spacial score (nSPS) is 11.5. The van der Waals surface area contributed by atoms with Gasteiger partial charge in [0.25, 0.3) is 0 Å². The van der Waals surface area contributed by atoms with E-state index >= 15 is 0 Å². The first-order chi connectivity index (χ1) is 13.3. The van der Waals surface area contributed by atoms with E-state index in [1.54, 1.807) is 56.3 Å². The second-order valence-corrected chi connectivity index (χ2v) is 8.79. The fourth-order valence-corrected chi connectivity index (χ4v) is 4.51. The molecule has 0 unspecified atom stereocenters. The number of nitrogens with one attached hydrogen (secondary N) is 2. The number of rotatable bonds is 8. The van der Waals surface area contributed by atoms with Crippen molar-refractivity contribution in [2.45, 2.75) is 31.8 Å². The lowest BCUT2D eigenvalue weighted by Gasteiger charge is -2.18. The van der Waals surface area contributed by atoms with Gasteiger partial charge in [0, 0.05) is 36.2 Å².